The van der Waals surface area contributed by atoms with Crippen LogP contribution in [0, 0.1) is 10.8 Å². The van der Waals surface area contributed by atoms with E-state index in [-0.39, 0.29) is 18.4 Å². The third-order valence-corrected chi connectivity index (χ3v) is 5.31. The van der Waals surface area contributed by atoms with Crippen molar-refractivity contribution in [3.8, 4) is 0 Å². The number of hydrogen-bond acceptors (Lipinski definition) is 2. The smallest absolute Gasteiger partial charge is 0.239 e. The molecule has 4 heteroatoms. The molecule has 3 atom stereocenters. The van der Waals surface area contributed by atoms with Crippen LogP contribution in [0.3, 0.4) is 0 Å². The molecule has 2 unspecified atom stereocenters. The van der Waals surface area contributed by atoms with E-state index in [2.05, 4.69) is 31.0 Å². The van der Waals surface area contributed by atoms with Crippen LogP contribution in [-0.4, -0.2) is 36.0 Å². The van der Waals surface area contributed by atoms with Crippen LogP contribution in [-0.2, 0) is 4.79 Å². The second-order valence-electron chi connectivity index (χ2n) is 8.18. The van der Waals surface area contributed by atoms with Gasteiger partial charge in [-0.3, -0.25) is 4.79 Å². The summed E-state index contributed by atoms with van der Waals surface area (Å²) in [6, 6.07) is 0.588. The Hall–Kier alpha value is -0.280. The summed E-state index contributed by atoms with van der Waals surface area (Å²) < 4.78 is 0. The zero-order valence-electron chi connectivity index (χ0n) is 13.1. The highest BCUT2D eigenvalue weighted by atomic mass is 35.5. The SMILES string of the molecule is CC1(C)CC2CC(C)(CN2C(=O)[C@H]2CCCCN2)C1.Cl. The monoisotopic (exact) mass is 300 g/mol. The van der Waals surface area contributed by atoms with E-state index in [1.165, 1.54) is 32.1 Å². The van der Waals surface area contributed by atoms with E-state index in [1.54, 1.807) is 0 Å². The van der Waals surface area contributed by atoms with Crippen LogP contribution >= 0.6 is 12.4 Å². The number of nitrogens with zero attached hydrogens (tertiary/aromatic N) is 1. The first-order valence-electron chi connectivity index (χ1n) is 7.93. The standard InChI is InChI=1S/C16H28N2O.ClH/c1-15(2)8-12-9-16(3,10-15)11-18(12)14(19)13-6-4-5-7-17-13;/h12-13,17H,4-11H2,1-3H3;1H/t12?,13-,16?;/m1./s1. The first-order valence-corrected chi connectivity index (χ1v) is 7.93. The van der Waals surface area contributed by atoms with Crippen molar-refractivity contribution >= 4 is 18.3 Å². The van der Waals surface area contributed by atoms with Crippen LogP contribution in [0.5, 0.6) is 0 Å². The van der Waals surface area contributed by atoms with Gasteiger partial charge in [-0.05, 0) is 49.5 Å². The van der Waals surface area contributed by atoms with Gasteiger partial charge in [0.05, 0.1) is 6.04 Å². The van der Waals surface area contributed by atoms with E-state index in [0.29, 0.717) is 22.8 Å². The summed E-state index contributed by atoms with van der Waals surface area (Å²) in [6.07, 6.45) is 7.11. The molecule has 3 nitrogen and oxygen atoms in total. The number of piperidine rings is 1. The molecule has 1 saturated carbocycles. The molecule has 0 aromatic heterocycles. The van der Waals surface area contributed by atoms with E-state index in [1.807, 2.05) is 0 Å². The van der Waals surface area contributed by atoms with Crippen molar-refractivity contribution in [2.75, 3.05) is 13.1 Å². The largest absolute Gasteiger partial charge is 0.338 e. The van der Waals surface area contributed by atoms with Gasteiger partial charge in [0.2, 0.25) is 5.91 Å². The van der Waals surface area contributed by atoms with Crippen LogP contribution in [0.1, 0.15) is 59.3 Å². The van der Waals surface area contributed by atoms with Crippen molar-refractivity contribution in [3.63, 3.8) is 0 Å². The lowest BCUT2D eigenvalue weighted by molar-refractivity contribution is -0.135. The maximum atomic E-state index is 12.8. The number of likely N-dealkylation sites (tertiary alicyclic amines) is 1. The Kier molecular flexibility index (Phi) is 4.42. The van der Waals surface area contributed by atoms with Crippen LogP contribution in [0.4, 0.5) is 0 Å². The van der Waals surface area contributed by atoms with Crippen molar-refractivity contribution in [1.82, 2.24) is 10.2 Å². The van der Waals surface area contributed by atoms with E-state index in [9.17, 15) is 4.79 Å². The molecule has 3 fully saturated rings. The van der Waals surface area contributed by atoms with Crippen molar-refractivity contribution in [3.05, 3.63) is 0 Å². The summed E-state index contributed by atoms with van der Waals surface area (Å²) in [7, 11) is 0. The summed E-state index contributed by atoms with van der Waals surface area (Å²) in [5, 5.41) is 3.42. The van der Waals surface area contributed by atoms with Gasteiger partial charge in [0, 0.05) is 12.6 Å². The molecule has 2 saturated heterocycles. The van der Waals surface area contributed by atoms with Crippen molar-refractivity contribution in [2.24, 2.45) is 10.8 Å². The molecule has 0 spiro atoms. The predicted octanol–water partition coefficient (Wildman–Crippen LogP) is 2.98. The van der Waals surface area contributed by atoms with Crippen molar-refractivity contribution in [2.45, 2.75) is 71.4 Å². The first kappa shape index (κ1) is 16.1. The Morgan fingerprint density at radius 3 is 2.60 bits per heavy atom. The van der Waals surface area contributed by atoms with Crippen LogP contribution in [0.2, 0.25) is 0 Å². The molecule has 2 bridgehead atoms. The lowest BCUT2D eigenvalue weighted by Gasteiger charge is -2.39. The summed E-state index contributed by atoms with van der Waals surface area (Å²) in [4.78, 5) is 15.0. The topological polar surface area (TPSA) is 32.3 Å². The number of halogens is 1. The zero-order chi connectivity index (χ0) is 13.7. The Morgan fingerprint density at radius 1 is 1.20 bits per heavy atom. The van der Waals surface area contributed by atoms with Crippen LogP contribution in [0.25, 0.3) is 0 Å². The van der Waals surface area contributed by atoms with Crippen molar-refractivity contribution in [1.29, 1.82) is 0 Å². The second-order valence-corrected chi connectivity index (χ2v) is 8.18. The second kappa shape index (κ2) is 5.49. The minimum absolute atomic E-state index is 0. The van der Waals surface area contributed by atoms with Crippen molar-refractivity contribution < 1.29 is 4.79 Å². The van der Waals surface area contributed by atoms with Gasteiger partial charge < -0.3 is 10.2 Å². The maximum Gasteiger partial charge on any atom is 0.239 e. The highest BCUT2D eigenvalue weighted by molar-refractivity contribution is 5.85. The van der Waals surface area contributed by atoms with E-state index >= 15 is 0 Å². The molecule has 1 amide bonds. The Balaban J connectivity index is 0.00000147. The molecular formula is C16H29ClN2O. The fourth-order valence-electron chi connectivity index (χ4n) is 4.98. The van der Waals surface area contributed by atoms with Gasteiger partial charge in [-0.15, -0.1) is 12.4 Å². The number of fused-ring (bicyclic) bond motifs is 2. The molecule has 116 valence electrons. The van der Waals surface area contributed by atoms with E-state index in [0.717, 1.165) is 19.5 Å². The highest BCUT2D eigenvalue weighted by Crippen LogP contribution is 2.52. The van der Waals surface area contributed by atoms with Gasteiger partial charge in [0.25, 0.3) is 0 Å². The number of nitrogens with one attached hydrogen (secondary N) is 1. The average molecular weight is 301 g/mol. The zero-order valence-corrected chi connectivity index (χ0v) is 13.9. The predicted molar refractivity (Wildman–Crippen MR) is 84.1 cm³/mol. The Labute approximate surface area is 129 Å². The van der Waals surface area contributed by atoms with E-state index in [4.69, 9.17) is 0 Å². The quantitative estimate of drug-likeness (QED) is 0.807. The fraction of sp³-hybridized carbons (Fsp3) is 0.938. The maximum absolute atomic E-state index is 12.8. The number of amides is 1. The molecule has 3 rings (SSSR count). The third kappa shape index (κ3) is 2.99. The Morgan fingerprint density at radius 2 is 1.95 bits per heavy atom. The molecular weight excluding hydrogens is 272 g/mol. The summed E-state index contributed by atoms with van der Waals surface area (Å²) in [6.45, 7) is 9.10. The van der Waals surface area contributed by atoms with Gasteiger partial charge in [0.15, 0.2) is 0 Å². The number of hydrogen-bond donors (Lipinski definition) is 1. The number of carbonyl (C=O) groups excluding carboxylic acids is 1. The number of rotatable bonds is 1. The summed E-state index contributed by atoms with van der Waals surface area (Å²) in [5.41, 5.74) is 0.753. The summed E-state index contributed by atoms with van der Waals surface area (Å²) >= 11 is 0. The normalized spacial score (nSPS) is 39.2. The molecule has 3 aliphatic rings. The van der Waals surface area contributed by atoms with Gasteiger partial charge in [-0.25, -0.2) is 0 Å². The van der Waals surface area contributed by atoms with Gasteiger partial charge in [0.1, 0.15) is 0 Å². The molecule has 0 aromatic rings. The molecule has 0 aromatic carbocycles. The van der Waals surface area contributed by atoms with E-state index < -0.39 is 0 Å². The highest BCUT2D eigenvalue weighted by Gasteiger charge is 2.51. The molecule has 1 aliphatic carbocycles. The number of carbonyl (C=O) groups is 1. The van der Waals surface area contributed by atoms with Gasteiger partial charge in [-0.1, -0.05) is 27.2 Å². The van der Waals surface area contributed by atoms with Gasteiger partial charge in [-0.2, -0.15) is 0 Å². The Bertz CT molecular complexity index is 379. The van der Waals surface area contributed by atoms with Gasteiger partial charge >= 0.3 is 0 Å². The first-order chi connectivity index (χ1) is 8.89. The summed E-state index contributed by atoms with van der Waals surface area (Å²) in [5.74, 6) is 0.381. The molecule has 20 heavy (non-hydrogen) atoms. The lowest BCUT2D eigenvalue weighted by Crippen LogP contribution is -2.50. The third-order valence-electron chi connectivity index (χ3n) is 5.31. The van der Waals surface area contributed by atoms with Crippen LogP contribution in [0.15, 0.2) is 0 Å². The minimum Gasteiger partial charge on any atom is -0.338 e. The average Bonchev–Trinajstić information content (AvgIpc) is 2.59. The van der Waals surface area contributed by atoms with Crippen LogP contribution < -0.4 is 5.32 Å². The minimum atomic E-state index is 0. The fourth-order valence-corrected chi connectivity index (χ4v) is 4.98. The molecule has 0 radical (unpaired) electrons. The lowest BCUT2D eigenvalue weighted by atomic mass is 9.65. The molecule has 2 heterocycles. The molecule has 1 N–H and O–H groups in total. The molecule has 2 aliphatic heterocycles.